The quantitative estimate of drug-likeness (QED) is 0.563. The van der Waals surface area contributed by atoms with Crippen molar-refractivity contribution in [2.45, 2.75) is 6.92 Å². The molecule has 27 heavy (non-hydrogen) atoms. The van der Waals surface area contributed by atoms with Gasteiger partial charge in [0, 0.05) is 25.0 Å². The number of aromatic nitrogens is 4. The molecule has 2 aromatic heterocycles. The van der Waals surface area contributed by atoms with Crippen molar-refractivity contribution in [2.75, 3.05) is 23.7 Å². The SMILES string of the molecule is Cc1ccn(-c2ccc(NCCNC(=O)Nc3ccc(F)c(Cl)c3)nn2)n1. The van der Waals surface area contributed by atoms with Gasteiger partial charge in [-0.15, -0.1) is 10.2 Å². The summed E-state index contributed by atoms with van der Waals surface area (Å²) in [5.41, 5.74) is 1.30. The van der Waals surface area contributed by atoms with Gasteiger partial charge in [0.25, 0.3) is 0 Å². The zero-order valence-electron chi connectivity index (χ0n) is 14.4. The summed E-state index contributed by atoms with van der Waals surface area (Å²) in [6.07, 6.45) is 1.81. The molecule has 8 nitrogen and oxygen atoms in total. The molecule has 0 saturated carbocycles. The van der Waals surface area contributed by atoms with Crippen molar-refractivity contribution in [3.63, 3.8) is 0 Å². The summed E-state index contributed by atoms with van der Waals surface area (Å²) in [5.74, 6) is 0.654. The van der Waals surface area contributed by atoms with Crippen molar-refractivity contribution in [3.8, 4) is 5.82 Å². The van der Waals surface area contributed by atoms with Crippen molar-refractivity contribution in [3.05, 3.63) is 59.1 Å². The largest absolute Gasteiger partial charge is 0.367 e. The molecule has 2 heterocycles. The fourth-order valence-electron chi connectivity index (χ4n) is 2.20. The Hall–Kier alpha value is -3.20. The minimum atomic E-state index is -0.540. The van der Waals surface area contributed by atoms with Gasteiger partial charge in [-0.05, 0) is 43.3 Å². The number of carbonyl (C=O) groups excluding carboxylic acids is 1. The van der Waals surface area contributed by atoms with Gasteiger partial charge in [-0.25, -0.2) is 13.9 Å². The number of nitrogens with one attached hydrogen (secondary N) is 3. The lowest BCUT2D eigenvalue weighted by Gasteiger charge is -2.09. The number of amides is 2. The summed E-state index contributed by atoms with van der Waals surface area (Å²) < 4.78 is 14.7. The van der Waals surface area contributed by atoms with Crippen LogP contribution in [0.25, 0.3) is 5.82 Å². The Morgan fingerprint density at radius 2 is 2.04 bits per heavy atom. The molecule has 0 bridgehead atoms. The van der Waals surface area contributed by atoms with Crippen LogP contribution in [0.5, 0.6) is 0 Å². The first-order valence-corrected chi connectivity index (χ1v) is 8.49. The van der Waals surface area contributed by atoms with Gasteiger partial charge in [-0.1, -0.05) is 11.6 Å². The van der Waals surface area contributed by atoms with Gasteiger partial charge in [0.2, 0.25) is 0 Å². The summed E-state index contributed by atoms with van der Waals surface area (Å²) in [5, 5.41) is 20.6. The van der Waals surface area contributed by atoms with E-state index in [0.717, 1.165) is 5.69 Å². The predicted octanol–water partition coefficient (Wildman–Crippen LogP) is 3.00. The average Bonchev–Trinajstić information content (AvgIpc) is 3.09. The van der Waals surface area contributed by atoms with Crippen molar-refractivity contribution < 1.29 is 9.18 Å². The molecular weight excluding hydrogens is 373 g/mol. The van der Waals surface area contributed by atoms with E-state index >= 15 is 0 Å². The Kier molecular flexibility index (Phi) is 5.82. The highest BCUT2D eigenvalue weighted by atomic mass is 35.5. The lowest BCUT2D eigenvalue weighted by Crippen LogP contribution is -2.32. The van der Waals surface area contributed by atoms with Gasteiger partial charge < -0.3 is 16.0 Å². The molecule has 1 aromatic carbocycles. The Balaban J connectivity index is 1.41. The maximum atomic E-state index is 13.1. The van der Waals surface area contributed by atoms with Crippen LogP contribution in [0.15, 0.2) is 42.6 Å². The van der Waals surface area contributed by atoms with Crippen LogP contribution in [0.4, 0.5) is 20.7 Å². The molecule has 0 radical (unpaired) electrons. The highest BCUT2D eigenvalue weighted by Crippen LogP contribution is 2.19. The molecule has 0 aliphatic carbocycles. The first kappa shape index (κ1) is 18.6. The van der Waals surface area contributed by atoms with Crippen molar-refractivity contribution >= 4 is 29.1 Å². The van der Waals surface area contributed by atoms with Gasteiger partial charge >= 0.3 is 6.03 Å². The molecule has 2 amide bonds. The molecule has 0 spiro atoms. The molecular formula is C17H17ClFN7O. The fraction of sp³-hybridized carbons (Fsp3) is 0.176. The second kappa shape index (κ2) is 8.45. The second-order valence-corrected chi connectivity index (χ2v) is 6.02. The van der Waals surface area contributed by atoms with E-state index in [9.17, 15) is 9.18 Å². The Morgan fingerprint density at radius 1 is 1.19 bits per heavy atom. The molecule has 3 aromatic rings. The molecule has 0 fully saturated rings. The van der Waals surface area contributed by atoms with Crippen LogP contribution in [-0.4, -0.2) is 39.1 Å². The third-order valence-electron chi connectivity index (χ3n) is 3.50. The van der Waals surface area contributed by atoms with E-state index in [1.54, 1.807) is 16.8 Å². The minimum absolute atomic E-state index is 0.0539. The Bertz CT molecular complexity index is 929. The van der Waals surface area contributed by atoms with Crippen LogP contribution >= 0.6 is 11.6 Å². The Morgan fingerprint density at radius 3 is 2.70 bits per heavy atom. The van der Waals surface area contributed by atoms with Crippen LogP contribution in [0.3, 0.4) is 0 Å². The summed E-state index contributed by atoms with van der Waals surface area (Å²) in [4.78, 5) is 11.8. The lowest BCUT2D eigenvalue weighted by atomic mass is 10.3. The first-order chi connectivity index (χ1) is 13.0. The molecule has 0 saturated heterocycles. The number of urea groups is 1. The van der Waals surface area contributed by atoms with Crippen LogP contribution in [0.1, 0.15) is 5.69 Å². The standard InChI is InChI=1S/C17H17ClFN7O/c1-11-6-9-26(25-11)16-5-4-15(23-24-16)20-7-8-21-17(27)22-12-2-3-14(19)13(18)10-12/h2-6,9-10H,7-8H2,1H3,(H,20,23)(H2,21,22,27). The van der Waals surface area contributed by atoms with E-state index in [-0.39, 0.29) is 5.02 Å². The van der Waals surface area contributed by atoms with Crippen molar-refractivity contribution in [1.29, 1.82) is 0 Å². The van der Waals surface area contributed by atoms with E-state index < -0.39 is 11.8 Å². The van der Waals surface area contributed by atoms with Crippen LogP contribution < -0.4 is 16.0 Å². The summed E-state index contributed by atoms with van der Waals surface area (Å²) >= 11 is 5.67. The maximum Gasteiger partial charge on any atom is 0.319 e. The number of anilines is 2. The van der Waals surface area contributed by atoms with Crippen LogP contribution in [0, 0.1) is 12.7 Å². The first-order valence-electron chi connectivity index (χ1n) is 8.11. The van der Waals surface area contributed by atoms with Gasteiger partial charge in [-0.2, -0.15) is 5.10 Å². The molecule has 140 valence electrons. The summed E-state index contributed by atoms with van der Waals surface area (Å²) in [6, 6.07) is 8.98. The molecule has 0 aliphatic rings. The van der Waals surface area contributed by atoms with E-state index in [0.29, 0.717) is 30.4 Å². The molecule has 3 N–H and O–H groups in total. The van der Waals surface area contributed by atoms with E-state index in [1.807, 2.05) is 19.2 Å². The zero-order chi connectivity index (χ0) is 19.2. The number of halogens is 2. The summed E-state index contributed by atoms with van der Waals surface area (Å²) in [6.45, 7) is 2.70. The van der Waals surface area contributed by atoms with Gasteiger partial charge in [0.15, 0.2) is 5.82 Å². The highest BCUT2D eigenvalue weighted by molar-refractivity contribution is 6.31. The van der Waals surface area contributed by atoms with Gasteiger partial charge in [-0.3, -0.25) is 0 Å². The molecule has 0 aliphatic heterocycles. The highest BCUT2D eigenvalue weighted by Gasteiger charge is 2.05. The smallest absolute Gasteiger partial charge is 0.319 e. The number of hydrogen-bond acceptors (Lipinski definition) is 5. The molecule has 0 unspecified atom stereocenters. The average molecular weight is 390 g/mol. The molecule has 10 heteroatoms. The Labute approximate surface area is 159 Å². The normalized spacial score (nSPS) is 10.5. The molecule has 3 rings (SSSR count). The third-order valence-corrected chi connectivity index (χ3v) is 3.79. The summed E-state index contributed by atoms with van der Waals surface area (Å²) in [7, 11) is 0. The minimum Gasteiger partial charge on any atom is -0.367 e. The van der Waals surface area contributed by atoms with Crippen molar-refractivity contribution in [2.24, 2.45) is 0 Å². The van der Waals surface area contributed by atoms with E-state index in [4.69, 9.17) is 11.6 Å². The van der Waals surface area contributed by atoms with E-state index in [2.05, 4.69) is 31.2 Å². The predicted molar refractivity (Wildman–Crippen MR) is 101 cm³/mol. The number of carbonyl (C=O) groups is 1. The van der Waals surface area contributed by atoms with Gasteiger partial charge in [0.05, 0.1) is 10.7 Å². The number of aryl methyl sites for hydroxylation is 1. The molecule has 0 atom stereocenters. The number of rotatable bonds is 6. The number of hydrogen-bond donors (Lipinski definition) is 3. The monoisotopic (exact) mass is 389 g/mol. The van der Waals surface area contributed by atoms with Crippen molar-refractivity contribution in [1.82, 2.24) is 25.3 Å². The second-order valence-electron chi connectivity index (χ2n) is 5.62. The third kappa shape index (κ3) is 5.14. The van der Waals surface area contributed by atoms with Crippen LogP contribution in [0.2, 0.25) is 5.02 Å². The lowest BCUT2D eigenvalue weighted by molar-refractivity contribution is 0.252. The zero-order valence-corrected chi connectivity index (χ0v) is 15.2. The number of nitrogens with zero attached hydrogens (tertiary/aromatic N) is 4. The maximum absolute atomic E-state index is 13.1. The fourth-order valence-corrected chi connectivity index (χ4v) is 2.38. The number of benzene rings is 1. The van der Waals surface area contributed by atoms with Gasteiger partial charge in [0.1, 0.15) is 11.6 Å². The van der Waals surface area contributed by atoms with E-state index in [1.165, 1.54) is 18.2 Å². The van der Waals surface area contributed by atoms with Crippen LogP contribution in [-0.2, 0) is 0 Å². The topological polar surface area (TPSA) is 96.8 Å².